The molecule has 0 spiro atoms. The van der Waals surface area contributed by atoms with Crippen LogP contribution in [0.1, 0.15) is 59.6 Å². The zero-order valence-corrected chi connectivity index (χ0v) is 20.4. The Morgan fingerprint density at radius 3 is 1.75 bits per heavy atom. The summed E-state index contributed by atoms with van der Waals surface area (Å²) in [6, 6.07) is 16.4. The molecule has 2 amide bonds. The van der Waals surface area contributed by atoms with Gasteiger partial charge in [-0.25, -0.2) is 4.79 Å². The van der Waals surface area contributed by atoms with E-state index < -0.39 is 0 Å². The van der Waals surface area contributed by atoms with Crippen LogP contribution in [0.3, 0.4) is 0 Å². The molecule has 0 fully saturated rings. The molecule has 3 rings (SSSR count). The predicted octanol–water partition coefficient (Wildman–Crippen LogP) is 6.04. The van der Waals surface area contributed by atoms with E-state index in [1.165, 1.54) is 33.2 Å². The van der Waals surface area contributed by atoms with Crippen LogP contribution in [0.5, 0.6) is 0 Å². The fourth-order valence-electron chi connectivity index (χ4n) is 4.26. The van der Waals surface area contributed by atoms with E-state index in [0.717, 1.165) is 28.9 Å². The number of carbonyl (C=O) groups excluding carboxylic acids is 1. The van der Waals surface area contributed by atoms with E-state index in [1.807, 2.05) is 24.3 Å². The minimum atomic E-state index is -0.234. The monoisotopic (exact) mass is 425 g/mol. The molecular weight excluding hydrogens is 391 g/mol. The van der Waals surface area contributed by atoms with Crippen molar-refractivity contribution in [1.29, 1.82) is 0 Å². The number of hydrogen-bond donors (Lipinski definition) is 2. The Morgan fingerprint density at radius 1 is 0.781 bits per heavy atom. The van der Waals surface area contributed by atoms with Gasteiger partial charge in [0, 0.05) is 11.4 Å². The normalized spacial score (nSPS) is 11.7. The van der Waals surface area contributed by atoms with E-state index >= 15 is 0 Å². The minimum absolute atomic E-state index is 0.234. The van der Waals surface area contributed by atoms with E-state index in [9.17, 15) is 4.79 Å². The second-order valence-corrected chi connectivity index (χ2v) is 8.99. The number of aryl methyl sites for hydroxylation is 5. The van der Waals surface area contributed by atoms with Gasteiger partial charge >= 0.3 is 6.03 Å². The van der Waals surface area contributed by atoms with E-state index in [0.29, 0.717) is 5.92 Å². The highest BCUT2D eigenvalue weighted by Gasteiger charge is 2.13. The van der Waals surface area contributed by atoms with Crippen molar-refractivity contribution in [2.24, 2.45) is 0 Å². The summed E-state index contributed by atoms with van der Waals surface area (Å²) in [6.07, 6.45) is 1.10. The fraction of sp³-hybridized carbons (Fsp3) is 0.321. The Hall–Kier alpha value is -3.01. The van der Waals surface area contributed by atoms with Crippen molar-refractivity contribution in [2.45, 2.75) is 60.8 Å². The van der Waals surface area contributed by atoms with Crippen LogP contribution in [-0.2, 0) is 0 Å². The van der Waals surface area contributed by atoms with Crippen molar-refractivity contribution in [3.05, 3.63) is 81.9 Å². The Morgan fingerprint density at radius 2 is 1.25 bits per heavy atom. The Labute approximate surface area is 193 Å². The van der Waals surface area contributed by atoms with Gasteiger partial charge in [0.15, 0.2) is 7.28 Å². The molecule has 1 radical (unpaired) electrons. The predicted molar refractivity (Wildman–Crippen MR) is 139 cm³/mol. The number of carbonyl (C=O) groups is 1. The van der Waals surface area contributed by atoms with Crippen molar-refractivity contribution in [3.63, 3.8) is 0 Å². The zero-order valence-electron chi connectivity index (χ0n) is 20.4. The summed E-state index contributed by atoms with van der Waals surface area (Å²) in [5.74, 6) is 0.520. The number of rotatable bonds is 6. The van der Waals surface area contributed by atoms with Crippen LogP contribution in [0.2, 0.25) is 0 Å². The molecule has 0 aromatic heterocycles. The first-order chi connectivity index (χ1) is 15.2. The molecule has 2 N–H and O–H groups in total. The number of benzene rings is 3. The number of anilines is 2. The maximum atomic E-state index is 12.5. The smallest absolute Gasteiger partial charge is 0.308 e. The van der Waals surface area contributed by atoms with Crippen LogP contribution in [-0.4, -0.2) is 13.3 Å². The molecular formula is C28H34BN2O. The van der Waals surface area contributed by atoms with Crippen LogP contribution < -0.4 is 21.6 Å². The molecule has 0 aliphatic carbocycles. The summed E-state index contributed by atoms with van der Waals surface area (Å²) in [5, 5.41) is 5.91. The first-order valence-electron chi connectivity index (χ1n) is 11.4. The lowest BCUT2D eigenvalue weighted by Crippen LogP contribution is -2.34. The molecule has 32 heavy (non-hydrogen) atoms. The van der Waals surface area contributed by atoms with Crippen LogP contribution in [0.4, 0.5) is 16.2 Å². The lowest BCUT2D eigenvalue weighted by atomic mass is 9.58. The Kier molecular flexibility index (Phi) is 7.45. The molecule has 0 saturated heterocycles. The van der Waals surface area contributed by atoms with Crippen LogP contribution in [0.15, 0.2) is 48.5 Å². The van der Waals surface area contributed by atoms with Gasteiger partial charge in [-0.05, 0) is 76.8 Å². The third kappa shape index (κ3) is 5.62. The fourth-order valence-corrected chi connectivity index (χ4v) is 4.26. The molecule has 0 aliphatic heterocycles. The number of amides is 2. The van der Waals surface area contributed by atoms with Crippen LogP contribution in [0.25, 0.3) is 0 Å². The molecule has 165 valence electrons. The van der Waals surface area contributed by atoms with Gasteiger partial charge in [-0.2, -0.15) is 0 Å². The lowest BCUT2D eigenvalue weighted by molar-refractivity contribution is 0.262. The first-order valence-corrected chi connectivity index (χ1v) is 11.4. The van der Waals surface area contributed by atoms with Crippen molar-refractivity contribution in [1.82, 2.24) is 0 Å². The third-order valence-electron chi connectivity index (χ3n) is 6.23. The van der Waals surface area contributed by atoms with Crippen molar-refractivity contribution in [3.8, 4) is 0 Å². The topological polar surface area (TPSA) is 41.1 Å². The standard InChI is InChI=1S/C28H34BN2O/c1-8-18(3)23-9-11-24(12-10-23)30-28(32)31-25-15-21(6)27(22(7)16-25)29-26-19(4)13-17(2)14-20(26)5/h9-16,18H,8H2,1-7H3,(H2,30,31,32). The highest BCUT2D eigenvalue weighted by atomic mass is 16.2. The van der Waals surface area contributed by atoms with Crippen molar-refractivity contribution >= 4 is 35.6 Å². The summed E-state index contributed by atoms with van der Waals surface area (Å²) in [6.45, 7) is 15.0. The van der Waals surface area contributed by atoms with Crippen molar-refractivity contribution < 1.29 is 4.79 Å². The van der Waals surface area contributed by atoms with Crippen LogP contribution in [0, 0.1) is 34.6 Å². The summed E-state index contributed by atoms with van der Waals surface area (Å²) in [4.78, 5) is 12.5. The van der Waals surface area contributed by atoms with E-state index in [-0.39, 0.29) is 6.03 Å². The molecule has 0 saturated carbocycles. The maximum Gasteiger partial charge on any atom is 0.323 e. The highest BCUT2D eigenvalue weighted by Crippen LogP contribution is 2.21. The SMILES string of the molecule is CCC(C)c1ccc(NC(=O)Nc2cc(C)c([B]c3c(C)cc(C)cc3C)c(C)c2)cc1. The van der Waals surface area contributed by atoms with Crippen LogP contribution >= 0.6 is 0 Å². The minimum Gasteiger partial charge on any atom is -0.308 e. The molecule has 0 aliphatic rings. The van der Waals surface area contributed by atoms with E-state index in [4.69, 9.17) is 0 Å². The van der Waals surface area contributed by atoms with Crippen molar-refractivity contribution in [2.75, 3.05) is 10.6 Å². The maximum absolute atomic E-state index is 12.5. The molecule has 1 unspecified atom stereocenters. The van der Waals surface area contributed by atoms with Gasteiger partial charge in [-0.3, -0.25) is 0 Å². The number of urea groups is 1. The summed E-state index contributed by atoms with van der Waals surface area (Å²) >= 11 is 0. The number of nitrogens with one attached hydrogen (secondary N) is 2. The molecule has 3 nitrogen and oxygen atoms in total. The van der Waals surface area contributed by atoms with Gasteiger partial charge < -0.3 is 10.6 Å². The second-order valence-electron chi connectivity index (χ2n) is 8.99. The first kappa shape index (κ1) is 23.7. The average Bonchev–Trinajstić information content (AvgIpc) is 2.72. The molecule has 4 heteroatoms. The van der Waals surface area contributed by atoms with E-state index in [2.05, 4.69) is 90.6 Å². The Bertz CT molecular complexity index is 1070. The molecule has 3 aromatic carbocycles. The third-order valence-corrected chi connectivity index (χ3v) is 6.23. The number of hydrogen-bond acceptors (Lipinski definition) is 1. The quantitative estimate of drug-likeness (QED) is 0.465. The van der Waals surface area contributed by atoms with Gasteiger partial charge in [0.25, 0.3) is 0 Å². The summed E-state index contributed by atoms with van der Waals surface area (Å²) < 4.78 is 0. The highest BCUT2D eigenvalue weighted by molar-refractivity contribution is 6.69. The zero-order chi connectivity index (χ0) is 23.4. The van der Waals surface area contributed by atoms with E-state index in [1.54, 1.807) is 0 Å². The molecule has 3 aromatic rings. The largest absolute Gasteiger partial charge is 0.323 e. The van der Waals surface area contributed by atoms with Gasteiger partial charge in [-0.15, -0.1) is 0 Å². The van der Waals surface area contributed by atoms with Gasteiger partial charge in [0.05, 0.1) is 0 Å². The lowest BCUT2D eigenvalue weighted by Gasteiger charge is -2.16. The summed E-state index contributed by atoms with van der Waals surface area (Å²) in [5.41, 5.74) is 11.5. The summed E-state index contributed by atoms with van der Waals surface area (Å²) in [7, 11) is 2.26. The van der Waals surface area contributed by atoms with Gasteiger partial charge in [-0.1, -0.05) is 76.9 Å². The van der Waals surface area contributed by atoms with Gasteiger partial charge in [0.1, 0.15) is 0 Å². The average molecular weight is 425 g/mol. The Balaban J connectivity index is 1.71. The molecule has 1 atom stereocenters. The molecule has 0 bridgehead atoms. The second kappa shape index (κ2) is 10.1. The molecule has 0 heterocycles. The van der Waals surface area contributed by atoms with Gasteiger partial charge in [0.2, 0.25) is 0 Å².